The minimum atomic E-state index is -0.275. The summed E-state index contributed by atoms with van der Waals surface area (Å²) in [6.45, 7) is 0. The van der Waals surface area contributed by atoms with E-state index >= 15 is 0 Å². The molecule has 0 radical (unpaired) electrons. The van der Waals surface area contributed by atoms with E-state index in [2.05, 4.69) is 12.1 Å². The maximum absolute atomic E-state index is 8.64. The van der Waals surface area contributed by atoms with Gasteiger partial charge in [0.15, 0.2) is 0 Å². The van der Waals surface area contributed by atoms with Crippen LogP contribution in [0.3, 0.4) is 0 Å². The zero-order valence-electron chi connectivity index (χ0n) is 9.65. The highest BCUT2D eigenvalue weighted by Crippen LogP contribution is 2.37. The van der Waals surface area contributed by atoms with E-state index in [1.807, 2.05) is 0 Å². The number of nitriles is 2. The Morgan fingerprint density at radius 3 is 2.56 bits per heavy atom. The average Bonchev–Trinajstić information content (AvgIpc) is 2.28. The van der Waals surface area contributed by atoms with Crippen molar-refractivity contribution in [2.24, 2.45) is 17.4 Å². The number of nitrogens with two attached hydrogens (primary N) is 2. The lowest BCUT2D eigenvalue weighted by Crippen LogP contribution is -2.53. The molecule has 1 fully saturated rings. The molecule has 3 unspecified atom stereocenters. The van der Waals surface area contributed by atoms with E-state index in [0.29, 0.717) is 18.8 Å². The van der Waals surface area contributed by atoms with Gasteiger partial charge in [0, 0.05) is 24.4 Å². The second-order valence-corrected chi connectivity index (χ2v) is 4.82. The van der Waals surface area contributed by atoms with Crippen LogP contribution in [0.4, 0.5) is 0 Å². The van der Waals surface area contributed by atoms with Crippen molar-refractivity contribution in [3.05, 3.63) is 0 Å². The molecule has 1 saturated carbocycles. The molecule has 0 aromatic heterocycles. The van der Waals surface area contributed by atoms with Crippen LogP contribution in [0.25, 0.3) is 0 Å². The lowest BCUT2D eigenvalue weighted by atomic mass is 9.68. The first-order valence-electron chi connectivity index (χ1n) is 5.91. The quantitative estimate of drug-likeness (QED) is 0.748. The van der Waals surface area contributed by atoms with Crippen molar-refractivity contribution in [2.45, 2.75) is 56.5 Å². The van der Waals surface area contributed by atoms with Crippen LogP contribution >= 0.6 is 0 Å². The smallest absolute Gasteiger partial charge is 0.0622 e. The van der Waals surface area contributed by atoms with Crippen LogP contribution < -0.4 is 11.5 Å². The van der Waals surface area contributed by atoms with Crippen LogP contribution in [-0.4, -0.2) is 11.6 Å². The van der Waals surface area contributed by atoms with E-state index in [1.54, 1.807) is 0 Å². The highest BCUT2D eigenvalue weighted by molar-refractivity contribution is 4.99. The number of hydrogen-bond donors (Lipinski definition) is 2. The van der Waals surface area contributed by atoms with Crippen LogP contribution in [0.5, 0.6) is 0 Å². The van der Waals surface area contributed by atoms with Crippen LogP contribution in [0.2, 0.25) is 0 Å². The Bertz CT molecular complexity index is 301. The molecule has 0 bridgehead atoms. The molecule has 0 amide bonds. The molecule has 4 nitrogen and oxygen atoms in total. The van der Waals surface area contributed by atoms with Crippen LogP contribution in [0.1, 0.15) is 44.9 Å². The first kappa shape index (κ1) is 13.0. The fraction of sp³-hybridized carbons (Fsp3) is 0.833. The van der Waals surface area contributed by atoms with Gasteiger partial charge in [-0.2, -0.15) is 10.5 Å². The summed E-state index contributed by atoms with van der Waals surface area (Å²) in [6, 6.07) is 4.52. The molecule has 0 aromatic rings. The molecule has 1 aliphatic rings. The molecule has 3 atom stereocenters. The third-order valence-corrected chi connectivity index (χ3v) is 3.69. The Balaban J connectivity index is 2.63. The third kappa shape index (κ3) is 3.20. The van der Waals surface area contributed by atoms with Gasteiger partial charge in [0.2, 0.25) is 0 Å². The van der Waals surface area contributed by atoms with E-state index in [0.717, 1.165) is 32.1 Å². The standard InChI is InChI=1S/C12H20N4/c13-7-1-3-10-9-11(15)4-6-12(10,16)5-2-8-14/h10-11H,1-6,9,15-16H2. The summed E-state index contributed by atoms with van der Waals surface area (Å²) < 4.78 is 0. The average molecular weight is 220 g/mol. The van der Waals surface area contributed by atoms with Gasteiger partial charge in [-0.25, -0.2) is 0 Å². The van der Waals surface area contributed by atoms with Gasteiger partial charge >= 0.3 is 0 Å². The second kappa shape index (κ2) is 5.84. The van der Waals surface area contributed by atoms with Crippen molar-refractivity contribution in [1.29, 1.82) is 10.5 Å². The second-order valence-electron chi connectivity index (χ2n) is 4.82. The zero-order chi connectivity index (χ0) is 12.0. The summed E-state index contributed by atoms with van der Waals surface area (Å²) >= 11 is 0. The Hall–Kier alpha value is -1.10. The minimum Gasteiger partial charge on any atom is -0.328 e. The van der Waals surface area contributed by atoms with Crippen LogP contribution in [-0.2, 0) is 0 Å². The minimum absolute atomic E-state index is 0.211. The molecule has 4 N–H and O–H groups in total. The van der Waals surface area contributed by atoms with E-state index in [1.165, 1.54) is 0 Å². The Labute approximate surface area is 97.2 Å². The van der Waals surface area contributed by atoms with Crippen LogP contribution in [0.15, 0.2) is 0 Å². The lowest BCUT2D eigenvalue weighted by Gasteiger charge is -2.43. The van der Waals surface area contributed by atoms with E-state index in [-0.39, 0.29) is 11.6 Å². The fourth-order valence-corrected chi connectivity index (χ4v) is 2.64. The third-order valence-electron chi connectivity index (χ3n) is 3.69. The molecule has 88 valence electrons. The molecule has 16 heavy (non-hydrogen) atoms. The zero-order valence-corrected chi connectivity index (χ0v) is 9.65. The van der Waals surface area contributed by atoms with Gasteiger partial charge in [0.1, 0.15) is 0 Å². The number of hydrogen-bond acceptors (Lipinski definition) is 4. The summed E-state index contributed by atoms with van der Waals surface area (Å²) in [4.78, 5) is 0. The summed E-state index contributed by atoms with van der Waals surface area (Å²) in [5.74, 6) is 0.296. The number of nitrogens with zero attached hydrogens (tertiary/aromatic N) is 2. The molecule has 1 rings (SSSR count). The Morgan fingerprint density at radius 1 is 1.25 bits per heavy atom. The van der Waals surface area contributed by atoms with Gasteiger partial charge in [0.25, 0.3) is 0 Å². The predicted octanol–water partition coefficient (Wildman–Crippen LogP) is 1.42. The van der Waals surface area contributed by atoms with Crippen molar-refractivity contribution in [3.8, 4) is 12.1 Å². The topological polar surface area (TPSA) is 99.6 Å². The highest BCUT2D eigenvalue weighted by atomic mass is 14.8. The molecule has 1 aliphatic carbocycles. The van der Waals surface area contributed by atoms with Crippen LogP contribution in [0, 0.1) is 28.6 Å². The molecule has 0 aromatic carbocycles. The van der Waals surface area contributed by atoms with Gasteiger partial charge in [-0.15, -0.1) is 0 Å². The Kier molecular flexibility index (Phi) is 4.73. The number of rotatable bonds is 4. The fourth-order valence-electron chi connectivity index (χ4n) is 2.64. The SMILES string of the molecule is N#CCCC1CC(N)CCC1(N)CCC#N. The predicted molar refractivity (Wildman–Crippen MR) is 61.9 cm³/mol. The molecule has 0 heterocycles. The maximum atomic E-state index is 8.64. The van der Waals surface area contributed by atoms with Crippen molar-refractivity contribution < 1.29 is 0 Å². The van der Waals surface area contributed by atoms with Gasteiger partial charge in [-0.1, -0.05) is 0 Å². The highest BCUT2D eigenvalue weighted by Gasteiger charge is 2.38. The molecule has 0 aliphatic heterocycles. The van der Waals surface area contributed by atoms with Crippen molar-refractivity contribution >= 4 is 0 Å². The first-order valence-corrected chi connectivity index (χ1v) is 5.91. The van der Waals surface area contributed by atoms with E-state index < -0.39 is 0 Å². The van der Waals surface area contributed by atoms with E-state index in [9.17, 15) is 0 Å². The normalized spacial score (nSPS) is 34.0. The summed E-state index contributed by atoms with van der Waals surface area (Å²) in [5.41, 5.74) is 12.0. The monoisotopic (exact) mass is 220 g/mol. The molecule has 4 heteroatoms. The molecule has 0 spiro atoms. The van der Waals surface area contributed by atoms with E-state index in [4.69, 9.17) is 22.0 Å². The maximum Gasteiger partial charge on any atom is 0.0622 e. The summed E-state index contributed by atoms with van der Waals surface area (Å²) in [6.07, 6.45) is 5.27. The van der Waals surface area contributed by atoms with Gasteiger partial charge < -0.3 is 11.5 Å². The molecular formula is C12H20N4. The largest absolute Gasteiger partial charge is 0.328 e. The first-order chi connectivity index (χ1) is 7.62. The van der Waals surface area contributed by atoms with Gasteiger partial charge in [-0.3, -0.25) is 0 Å². The summed E-state index contributed by atoms with van der Waals surface area (Å²) in [5, 5.41) is 17.3. The molecular weight excluding hydrogens is 200 g/mol. The Morgan fingerprint density at radius 2 is 1.94 bits per heavy atom. The van der Waals surface area contributed by atoms with Crippen molar-refractivity contribution in [3.63, 3.8) is 0 Å². The van der Waals surface area contributed by atoms with Crippen molar-refractivity contribution in [2.75, 3.05) is 0 Å². The summed E-state index contributed by atoms with van der Waals surface area (Å²) in [7, 11) is 0. The van der Waals surface area contributed by atoms with Crippen molar-refractivity contribution in [1.82, 2.24) is 0 Å². The van der Waals surface area contributed by atoms with Gasteiger partial charge in [-0.05, 0) is 38.0 Å². The lowest BCUT2D eigenvalue weighted by molar-refractivity contribution is 0.154. The van der Waals surface area contributed by atoms with Gasteiger partial charge in [0.05, 0.1) is 12.1 Å². The molecule has 0 saturated heterocycles.